The number of nitrogens with zero attached hydrogens (tertiary/aromatic N) is 3. The molecule has 6 heteroatoms. The maximum absolute atomic E-state index is 12.4. The molecular formula is C20H22N4O2. The van der Waals surface area contributed by atoms with Crippen LogP contribution in [0, 0.1) is 11.3 Å². The smallest absolute Gasteiger partial charge is 0.321 e. The fourth-order valence-electron chi connectivity index (χ4n) is 2.98. The van der Waals surface area contributed by atoms with Gasteiger partial charge in [0.05, 0.1) is 18.4 Å². The van der Waals surface area contributed by atoms with E-state index in [0.717, 1.165) is 25.4 Å². The van der Waals surface area contributed by atoms with Gasteiger partial charge in [-0.1, -0.05) is 24.3 Å². The van der Waals surface area contributed by atoms with Crippen molar-refractivity contribution in [3.8, 4) is 11.8 Å². The van der Waals surface area contributed by atoms with Gasteiger partial charge in [-0.25, -0.2) is 4.79 Å². The van der Waals surface area contributed by atoms with E-state index in [0.29, 0.717) is 24.3 Å². The van der Waals surface area contributed by atoms with Crippen LogP contribution < -0.4 is 10.1 Å². The molecule has 0 bridgehead atoms. The van der Waals surface area contributed by atoms with Crippen LogP contribution in [0.15, 0.2) is 48.5 Å². The number of piperazine rings is 1. The van der Waals surface area contributed by atoms with Gasteiger partial charge in [0.25, 0.3) is 0 Å². The second kappa shape index (κ2) is 8.37. The molecule has 2 aromatic carbocycles. The first-order valence-electron chi connectivity index (χ1n) is 8.60. The van der Waals surface area contributed by atoms with E-state index in [9.17, 15) is 4.79 Å². The van der Waals surface area contributed by atoms with Gasteiger partial charge in [0.2, 0.25) is 0 Å². The molecule has 0 unspecified atom stereocenters. The Morgan fingerprint density at radius 1 is 1.12 bits per heavy atom. The molecule has 1 aliphatic heterocycles. The van der Waals surface area contributed by atoms with Gasteiger partial charge in [0.15, 0.2) is 0 Å². The first kappa shape index (κ1) is 17.8. The number of amides is 2. The van der Waals surface area contributed by atoms with Crippen molar-refractivity contribution in [3.05, 3.63) is 59.7 Å². The van der Waals surface area contributed by atoms with Gasteiger partial charge in [-0.15, -0.1) is 0 Å². The Morgan fingerprint density at radius 3 is 2.46 bits per heavy atom. The third-order valence-electron chi connectivity index (χ3n) is 4.51. The Balaban J connectivity index is 1.51. The van der Waals surface area contributed by atoms with Crippen molar-refractivity contribution in [1.82, 2.24) is 9.80 Å². The average molecular weight is 350 g/mol. The molecule has 6 nitrogen and oxygen atoms in total. The van der Waals surface area contributed by atoms with E-state index >= 15 is 0 Å². The normalized spacial score (nSPS) is 14.5. The lowest BCUT2D eigenvalue weighted by atomic mass is 10.2. The summed E-state index contributed by atoms with van der Waals surface area (Å²) in [6.45, 7) is 3.82. The van der Waals surface area contributed by atoms with Crippen LogP contribution in [-0.4, -0.2) is 49.1 Å². The minimum absolute atomic E-state index is 0.156. The number of anilines is 1. The molecular weight excluding hydrogens is 328 g/mol. The fourth-order valence-corrected chi connectivity index (χ4v) is 2.98. The van der Waals surface area contributed by atoms with Crippen LogP contribution in [0.5, 0.6) is 5.75 Å². The van der Waals surface area contributed by atoms with Crippen LogP contribution in [0.1, 0.15) is 11.1 Å². The molecule has 1 N–H and O–H groups in total. The number of nitrogens with one attached hydrogen (secondary N) is 1. The van der Waals surface area contributed by atoms with Crippen molar-refractivity contribution in [1.29, 1.82) is 5.26 Å². The molecule has 1 fully saturated rings. The Hall–Kier alpha value is -3.04. The summed E-state index contributed by atoms with van der Waals surface area (Å²) in [7, 11) is 1.66. The number of para-hydroxylation sites is 1. The molecule has 0 atom stereocenters. The summed E-state index contributed by atoms with van der Waals surface area (Å²) < 4.78 is 5.18. The highest BCUT2D eigenvalue weighted by Crippen LogP contribution is 2.16. The summed E-state index contributed by atoms with van der Waals surface area (Å²) in [5.74, 6) is 0.855. The summed E-state index contributed by atoms with van der Waals surface area (Å²) >= 11 is 0. The van der Waals surface area contributed by atoms with Crippen molar-refractivity contribution in [3.63, 3.8) is 0 Å². The number of hydrogen-bond donors (Lipinski definition) is 1. The first-order chi connectivity index (χ1) is 12.7. The molecule has 2 aromatic rings. The zero-order valence-corrected chi connectivity index (χ0v) is 14.8. The molecule has 26 heavy (non-hydrogen) atoms. The van der Waals surface area contributed by atoms with E-state index in [1.54, 1.807) is 30.2 Å². The second-order valence-corrected chi connectivity index (χ2v) is 6.20. The number of carbonyl (C=O) groups excluding carboxylic acids is 1. The zero-order chi connectivity index (χ0) is 18.4. The monoisotopic (exact) mass is 350 g/mol. The van der Waals surface area contributed by atoms with Crippen LogP contribution in [0.4, 0.5) is 10.5 Å². The fraction of sp³-hybridized carbons (Fsp3) is 0.300. The van der Waals surface area contributed by atoms with Crippen molar-refractivity contribution in [2.75, 3.05) is 38.6 Å². The van der Waals surface area contributed by atoms with E-state index < -0.39 is 0 Å². The number of urea groups is 1. The highest BCUT2D eigenvalue weighted by Gasteiger charge is 2.21. The molecule has 1 saturated heterocycles. The number of ether oxygens (including phenoxy) is 1. The van der Waals surface area contributed by atoms with E-state index in [1.807, 2.05) is 18.2 Å². The quantitative estimate of drug-likeness (QED) is 0.920. The summed E-state index contributed by atoms with van der Waals surface area (Å²) in [5, 5.41) is 12.0. The summed E-state index contributed by atoms with van der Waals surface area (Å²) in [6.07, 6.45) is 0. The van der Waals surface area contributed by atoms with Gasteiger partial charge in [-0.2, -0.15) is 5.26 Å². The first-order valence-corrected chi connectivity index (χ1v) is 8.60. The Bertz CT molecular complexity index is 790. The second-order valence-electron chi connectivity index (χ2n) is 6.20. The Kier molecular flexibility index (Phi) is 5.72. The standard InChI is InChI=1S/C20H22N4O2/c1-26-18-8-6-16(7-9-18)15-23-10-12-24(13-11-23)20(25)22-19-5-3-2-4-17(19)14-21/h2-9H,10-13,15H2,1H3,(H,22,25). The molecule has 0 aromatic heterocycles. The molecule has 134 valence electrons. The SMILES string of the molecule is COc1ccc(CN2CCN(C(=O)Nc3ccccc3C#N)CC2)cc1. The van der Waals surface area contributed by atoms with Gasteiger partial charge in [0, 0.05) is 32.7 Å². The number of hydrogen-bond acceptors (Lipinski definition) is 4. The van der Waals surface area contributed by atoms with Crippen molar-refractivity contribution in [2.24, 2.45) is 0 Å². The maximum atomic E-state index is 12.4. The third-order valence-corrected chi connectivity index (χ3v) is 4.51. The van der Waals surface area contributed by atoms with Gasteiger partial charge < -0.3 is 15.0 Å². The van der Waals surface area contributed by atoms with E-state index in [1.165, 1.54) is 5.56 Å². The van der Waals surface area contributed by atoms with Gasteiger partial charge in [0.1, 0.15) is 11.8 Å². The van der Waals surface area contributed by atoms with E-state index in [-0.39, 0.29) is 6.03 Å². The third kappa shape index (κ3) is 4.32. The van der Waals surface area contributed by atoms with Crippen LogP contribution in [0.25, 0.3) is 0 Å². The summed E-state index contributed by atoms with van der Waals surface area (Å²) in [4.78, 5) is 16.6. The molecule has 1 heterocycles. The lowest BCUT2D eigenvalue weighted by Crippen LogP contribution is -2.49. The van der Waals surface area contributed by atoms with Crippen LogP contribution in [0.3, 0.4) is 0 Å². The average Bonchev–Trinajstić information content (AvgIpc) is 2.69. The molecule has 0 saturated carbocycles. The largest absolute Gasteiger partial charge is 0.497 e. The Labute approximate surface area is 153 Å². The summed E-state index contributed by atoms with van der Waals surface area (Å²) in [6, 6.07) is 17.0. The predicted molar refractivity (Wildman–Crippen MR) is 100 cm³/mol. The lowest BCUT2D eigenvalue weighted by molar-refractivity contribution is 0.143. The van der Waals surface area contributed by atoms with Crippen LogP contribution in [-0.2, 0) is 6.54 Å². The highest BCUT2D eigenvalue weighted by atomic mass is 16.5. The molecule has 1 aliphatic rings. The van der Waals surface area contributed by atoms with Gasteiger partial charge in [-0.05, 0) is 29.8 Å². The van der Waals surface area contributed by atoms with E-state index in [2.05, 4.69) is 28.4 Å². The maximum Gasteiger partial charge on any atom is 0.321 e. The van der Waals surface area contributed by atoms with Crippen molar-refractivity contribution in [2.45, 2.75) is 6.54 Å². The number of rotatable bonds is 4. The van der Waals surface area contributed by atoms with Gasteiger partial charge >= 0.3 is 6.03 Å². The minimum Gasteiger partial charge on any atom is -0.497 e. The van der Waals surface area contributed by atoms with E-state index in [4.69, 9.17) is 10.00 Å². The van der Waals surface area contributed by atoms with Crippen molar-refractivity contribution >= 4 is 11.7 Å². The predicted octanol–water partition coefficient (Wildman–Crippen LogP) is 2.92. The number of methoxy groups -OCH3 is 1. The number of carbonyl (C=O) groups is 1. The lowest BCUT2D eigenvalue weighted by Gasteiger charge is -2.34. The Morgan fingerprint density at radius 2 is 1.81 bits per heavy atom. The molecule has 0 aliphatic carbocycles. The van der Waals surface area contributed by atoms with Gasteiger partial charge in [-0.3, -0.25) is 4.90 Å². The topological polar surface area (TPSA) is 68.6 Å². The van der Waals surface area contributed by atoms with Crippen LogP contribution in [0.2, 0.25) is 0 Å². The summed E-state index contributed by atoms with van der Waals surface area (Å²) in [5.41, 5.74) is 2.26. The highest BCUT2D eigenvalue weighted by molar-refractivity contribution is 5.90. The number of benzene rings is 2. The van der Waals surface area contributed by atoms with Crippen LogP contribution >= 0.6 is 0 Å². The molecule has 0 radical (unpaired) electrons. The molecule has 2 amide bonds. The molecule has 0 spiro atoms. The number of nitriles is 1. The minimum atomic E-state index is -0.156. The molecule has 3 rings (SSSR count). The van der Waals surface area contributed by atoms with Crippen molar-refractivity contribution < 1.29 is 9.53 Å². The zero-order valence-electron chi connectivity index (χ0n) is 14.8.